The van der Waals surface area contributed by atoms with Crippen LogP contribution in [0.2, 0.25) is 5.02 Å². The Morgan fingerprint density at radius 3 is 2.59 bits per heavy atom. The van der Waals surface area contributed by atoms with E-state index in [1.165, 1.54) is 0 Å². The average molecular weight is 247 g/mol. The van der Waals surface area contributed by atoms with E-state index in [1.54, 1.807) is 30.6 Å². The van der Waals surface area contributed by atoms with E-state index in [0.717, 1.165) is 5.56 Å². The molecule has 0 saturated carbocycles. The fourth-order valence-corrected chi connectivity index (χ4v) is 1.67. The lowest BCUT2D eigenvalue weighted by molar-refractivity contribution is 0.0993. The highest BCUT2D eigenvalue weighted by molar-refractivity contribution is 6.33. The van der Waals surface area contributed by atoms with Crippen molar-refractivity contribution in [2.24, 2.45) is 0 Å². The van der Waals surface area contributed by atoms with Crippen LogP contribution in [0.4, 0.5) is 5.69 Å². The first-order valence-corrected chi connectivity index (χ1v) is 5.52. The Labute approximate surface area is 104 Å². The summed E-state index contributed by atoms with van der Waals surface area (Å²) in [4.78, 5) is 15.9. The minimum absolute atomic E-state index is 0.0121. The van der Waals surface area contributed by atoms with E-state index in [9.17, 15) is 4.79 Å². The molecule has 0 radical (unpaired) electrons. The number of Topliss-reactive ketones (excluding diaryl/α,β-unsaturated/α-hetero) is 1. The van der Waals surface area contributed by atoms with Gasteiger partial charge in [-0.15, -0.1) is 0 Å². The van der Waals surface area contributed by atoms with Gasteiger partial charge in [0.2, 0.25) is 0 Å². The molecule has 0 spiro atoms. The van der Waals surface area contributed by atoms with Gasteiger partial charge >= 0.3 is 0 Å². The van der Waals surface area contributed by atoms with Gasteiger partial charge in [0.15, 0.2) is 5.78 Å². The Morgan fingerprint density at radius 1 is 1.24 bits per heavy atom. The molecule has 86 valence electrons. The highest BCUT2D eigenvalue weighted by Gasteiger charge is 2.08. The molecular formula is C13H11ClN2O. The summed E-state index contributed by atoms with van der Waals surface area (Å²) in [7, 11) is 0. The highest BCUT2D eigenvalue weighted by Crippen LogP contribution is 2.20. The molecule has 17 heavy (non-hydrogen) atoms. The topological polar surface area (TPSA) is 56.0 Å². The molecule has 1 aromatic carbocycles. The van der Waals surface area contributed by atoms with Crippen LogP contribution in [0.25, 0.3) is 0 Å². The molecule has 0 saturated heterocycles. The molecule has 4 heteroatoms. The van der Waals surface area contributed by atoms with E-state index in [4.69, 9.17) is 17.3 Å². The van der Waals surface area contributed by atoms with Crippen molar-refractivity contribution >= 4 is 23.1 Å². The first kappa shape index (κ1) is 11.6. The minimum Gasteiger partial charge on any atom is -0.398 e. The van der Waals surface area contributed by atoms with Gasteiger partial charge < -0.3 is 5.73 Å². The fourth-order valence-electron chi connectivity index (χ4n) is 1.49. The quantitative estimate of drug-likeness (QED) is 0.669. The van der Waals surface area contributed by atoms with Crippen LogP contribution >= 0.6 is 11.6 Å². The van der Waals surface area contributed by atoms with Crippen LogP contribution in [0.5, 0.6) is 0 Å². The van der Waals surface area contributed by atoms with E-state index in [-0.39, 0.29) is 5.78 Å². The van der Waals surface area contributed by atoms with Gasteiger partial charge in [-0.05, 0) is 35.9 Å². The second-order valence-corrected chi connectivity index (χ2v) is 4.10. The third-order valence-electron chi connectivity index (χ3n) is 2.44. The number of anilines is 1. The summed E-state index contributed by atoms with van der Waals surface area (Å²) in [5, 5.41) is 0.408. The first-order valence-electron chi connectivity index (χ1n) is 5.14. The number of carbonyl (C=O) groups is 1. The summed E-state index contributed by atoms with van der Waals surface area (Å²) in [5.74, 6) is 0.0121. The molecular weight excluding hydrogens is 236 g/mol. The predicted molar refractivity (Wildman–Crippen MR) is 68.1 cm³/mol. The van der Waals surface area contributed by atoms with Gasteiger partial charge in [-0.3, -0.25) is 9.78 Å². The smallest absolute Gasteiger partial charge is 0.167 e. The number of ketones is 1. The number of pyridine rings is 1. The zero-order valence-electron chi connectivity index (χ0n) is 9.06. The largest absolute Gasteiger partial charge is 0.398 e. The molecule has 0 bridgehead atoms. The second kappa shape index (κ2) is 4.97. The lowest BCUT2D eigenvalue weighted by atomic mass is 10.0. The standard InChI is InChI=1S/C13H11ClN2O/c14-11-8-10(1-2-12(11)15)13(17)7-9-3-5-16-6-4-9/h1-6,8H,7,15H2. The maximum atomic E-state index is 12.0. The monoisotopic (exact) mass is 246 g/mol. The summed E-state index contributed by atoms with van der Waals surface area (Å²) in [6.45, 7) is 0. The molecule has 0 fully saturated rings. The van der Waals surface area contributed by atoms with Gasteiger partial charge in [-0.25, -0.2) is 0 Å². The predicted octanol–water partition coefficient (Wildman–Crippen LogP) is 2.74. The normalized spacial score (nSPS) is 10.2. The molecule has 3 nitrogen and oxygen atoms in total. The number of hydrogen-bond acceptors (Lipinski definition) is 3. The van der Waals surface area contributed by atoms with Crippen LogP contribution in [0.15, 0.2) is 42.7 Å². The number of rotatable bonds is 3. The summed E-state index contributed by atoms with van der Waals surface area (Å²) >= 11 is 5.87. The van der Waals surface area contributed by atoms with Crippen molar-refractivity contribution < 1.29 is 4.79 Å². The second-order valence-electron chi connectivity index (χ2n) is 3.69. The number of halogens is 1. The number of nitrogens with zero attached hydrogens (tertiary/aromatic N) is 1. The average Bonchev–Trinajstić information content (AvgIpc) is 2.34. The molecule has 2 rings (SSSR count). The number of nitrogen functional groups attached to an aromatic ring is 1. The number of benzene rings is 1. The molecule has 0 amide bonds. The molecule has 0 aliphatic heterocycles. The van der Waals surface area contributed by atoms with Gasteiger partial charge in [-0.1, -0.05) is 11.6 Å². The molecule has 0 aliphatic rings. The lowest BCUT2D eigenvalue weighted by Gasteiger charge is -2.03. The van der Waals surface area contributed by atoms with Crippen LogP contribution in [0.3, 0.4) is 0 Å². The van der Waals surface area contributed by atoms with Crippen molar-refractivity contribution in [2.45, 2.75) is 6.42 Å². The SMILES string of the molecule is Nc1ccc(C(=O)Cc2ccncc2)cc1Cl. The van der Waals surface area contributed by atoms with Gasteiger partial charge in [-0.2, -0.15) is 0 Å². The van der Waals surface area contributed by atoms with Crippen LogP contribution < -0.4 is 5.73 Å². The van der Waals surface area contributed by atoms with E-state index >= 15 is 0 Å². The van der Waals surface area contributed by atoms with Gasteiger partial charge in [0.05, 0.1) is 10.7 Å². The molecule has 1 aromatic heterocycles. The Balaban J connectivity index is 2.18. The van der Waals surface area contributed by atoms with Gasteiger partial charge in [0.1, 0.15) is 0 Å². The Kier molecular flexibility index (Phi) is 3.40. The van der Waals surface area contributed by atoms with Crippen LogP contribution in [-0.4, -0.2) is 10.8 Å². The fraction of sp³-hybridized carbons (Fsp3) is 0.0769. The van der Waals surface area contributed by atoms with E-state index in [1.807, 2.05) is 12.1 Å². The van der Waals surface area contributed by atoms with Gasteiger partial charge in [0, 0.05) is 24.4 Å². The third kappa shape index (κ3) is 2.82. The van der Waals surface area contributed by atoms with Crippen molar-refractivity contribution in [3.8, 4) is 0 Å². The molecule has 2 aromatic rings. The zero-order valence-corrected chi connectivity index (χ0v) is 9.82. The lowest BCUT2D eigenvalue weighted by Crippen LogP contribution is -2.04. The van der Waals surface area contributed by atoms with Crippen molar-refractivity contribution in [1.82, 2.24) is 4.98 Å². The first-order chi connectivity index (χ1) is 8.16. The zero-order chi connectivity index (χ0) is 12.3. The van der Waals surface area contributed by atoms with Crippen LogP contribution in [0.1, 0.15) is 15.9 Å². The molecule has 0 aliphatic carbocycles. The van der Waals surface area contributed by atoms with Crippen molar-refractivity contribution in [3.05, 3.63) is 58.9 Å². The molecule has 1 heterocycles. The van der Waals surface area contributed by atoms with Crippen molar-refractivity contribution in [3.63, 3.8) is 0 Å². The Hall–Kier alpha value is -1.87. The Morgan fingerprint density at radius 2 is 1.94 bits per heavy atom. The van der Waals surface area contributed by atoms with Crippen molar-refractivity contribution in [1.29, 1.82) is 0 Å². The maximum absolute atomic E-state index is 12.0. The summed E-state index contributed by atoms with van der Waals surface area (Å²) in [5.41, 5.74) is 7.57. The molecule has 2 N–H and O–H groups in total. The summed E-state index contributed by atoms with van der Waals surface area (Å²) < 4.78 is 0. The molecule has 0 atom stereocenters. The Bertz CT molecular complexity index is 540. The maximum Gasteiger partial charge on any atom is 0.167 e. The minimum atomic E-state index is 0.0121. The molecule has 0 unspecified atom stereocenters. The highest BCUT2D eigenvalue weighted by atomic mass is 35.5. The summed E-state index contributed by atoms with van der Waals surface area (Å²) in [6, 6.07) is 8.56. The van der Waals surface area contributed by atoms with E-state index in [2.05, 4.69) is 4.98 Å². The van der Waals surface area contributed by atoms with E-state index in [0.29, 0.717) is 22.7 Å². The number of nitrogens with two attached hydrogens (primary N) is 1. The van der Waals surface area contributed by atoms with Crippen LogP contribution in [-0.2, 0) is 6.42 Å². The van der Waals surface area contributed by atoms with Crippen molar-refractivity contribution in [2.75, 3.05) is 5.73 Å². The van der Waals surface area contributed by atoms with E-state index < -0.39 is 0 Å². The number of aromatic nitrogens is 1. The number of hydrogen-bond donors (Lipinski definition) is 1. The third-order valence-corrected chi connectivity index (χ3v) is 2.76. The van der Waals surface area contributed by atoms with Crippen LogP contribution in [0, 0.1) is 0 Å². The summed E-state index contributed by atoms with van der Waals surface area (Å²) in [6.07, 6.45) is 3.67. The number of carbonyl (C=O) groups excluding carboxylic acids is 1. The van der Waals surface area contributed by atoms with Gasteiger partial charge in [0.25, 0.3) is 0 Å².